The lowest BCUT2D eigenvalue weighted by Gasteiger charge is -2.22. The first-order valence-electron chi connectivity index (χ1n) is 7.72. The van der Waals surface area contributed by atoms with Crippen LogP contribution in [0.15, 0.2) is 17.6 Å². The lowest BCUT2D eigenvalue weighted by atomic mass is 10.2. The van der Waals surface area contributed by atoms with Gasteiger partial charge in [0.2, 0.25) is 0 Å². The SMILES string of the molecule is C=CCCCCCN(C)C(=NC)NCCOCC(C)C. The third kappa shape index (κ3) is 10.9. The minimum atomic E-state index is 0.590. The van der Waals surface area contributed by atoms with Gasteiger partial charge < -0.3 is 15.0 Å². The average molecular weight is 283 g/mol. The molecule has 0 saturated heterocycles. The summed E-state index contributed by atoms with van der Waals surface area (Å²) in [6.07, 6.45) is 6.76. The predicted molar refractivity (Wildman–Crippen MR) is 88.3 cm³/mol. The molecule has 4 heteroatoms. The van der Waals surface area contributed by atoms with Crippen LogP contribution in [-0.4, -0.2) is 51.3 Å². The second-order valence-electron chi connectivity index (χ2n) is 5.50. The van der Waals surface area contributed by atoms with Crippen LogP contribution < -0.4 is 5.32 Å². The van der Waals surface area contributed by atoms with E-state index < -0.39 is 0 Å². The van der Waals surface area contributed by atoms with Gasteiger partial charge >= 0.3 is 0 Å². The third-order valence-electron chi connectivity index (χ3n) is 2.96. The number of unbranched alkanes of at least 4 members (excludes halogenated alkanes) is 3. The van der Waals surface area contributed by atoms with Crippen molar-refractivity contribution < 1.29 is 4.74 Å². The summed E-state index contributed by atoms with van der Waals surface area (Å²) in [6, 6.07) is 0. The molecular weight excluding hydrogens is 250 g/mol. The molecule has 0 heterocycles. The van der Waals surface area contributed by atoms with E-state index >= 15 is 0 Å². The Morgan fingerprint density at radius 3 is 2.70 bits per heavy atom. The van der Waals surface area contributed by atoms with Gasteiger partial charge in [0.1, 0.15) is 0 Å². The molecular formula is C16H33N3O. The van der Waals surface area contributed by atoms with Crippen LogP contribution in [0.2, 0.25) is 0 Å². The molecule has 0 aliphatic carbocycles. The zero-order valence-electron chi connectivity index (χ0n) is 13.8. The molecule has 0 aliphatic rings. The van der Waals surface area contributed by atoms with Crippen molar-refractivity contribution in [1.29, 1.82) is 0 Å². The number of ether oxygens (including phenoxy) is 1. The maximum atomic E-state index is 5.55. The van der Waals surface area contributed by atoms with Crippen LogP contribution in [0, 0.1) is 5.92 Å². The first-order valence-corrected chi connectivity index (χ1v) is 7.72. The van der Waals surface area contributed by atoms with Crippen molar-refractivity contribution in [2.45, 2.75) is 39.5 Å². The standard InChI is InChI=1S/C16H33N3O/c1-6-7-8-9-10-12-19(5)16(17-4)18-11-13-20-14-15(2)3/h6,15H,1,7-14H2,2-5H3,(H,17,18). The molecule has 1 N–H and O–H groups in total. The molecule has 0 atom stereocenters. The minimum Gasteiger partial charge on any atom is -0.379 e. The van der Waals surface area contributed by atoms with E-state index in [1.54, 1.807) is 0 Å². The molecule has 0 fully saturated rings. The van der Waals surface area contributed by atoms with E-state index in [1.807, 2.05) is 13.1 Å². The van der Waals surface area contributed by atoms with Crippen molar-refractivity contribution in [1.82, 2.24) is 10.2 Å². The number of rotatable bonds is 11. The predicted octanol–water partition coefficient (Wildman–Crippen LogP) is 2.91. The van der Waals surface area contributed by atoms with Crippen LogP contribution in [0.4, 0.5) is 0 Å². The second kappa shape index (κ2) is 13.0. The summed E-state index contributed by atoms with van der Waals surface area (Å²) < 4.78 is 5.55. The number of nitrogens with one attached hydrogen (secondary N) is 1. The van der Waals surface area contributed by atoms with Gasteiger partial charge in [0.15, 0.2) is 5.96 Å². The first-order chi connectivity index (χ1) is 9.61. The fourth-order valence-corrected chi connectivity index (χ4v) is 1.86. The molecule has 0 unspecified atom stereocenters. The number of nitrogens with zero attached hydrogens (tertiary/aromatic N) is 2. The van der Waals surface area contributed by atoms with Crippen molar-refractivity contribution in [3.8, 4) is 0 Å². The number of allylic oxidation sites excluding steroid dienone is 1. The fraction of sp³-hybridized carbons (Fsp3) is 0.812. The molecule has 0 spiro atoms. The lowest BCUT2D eigenvalue weighted by Crippen LogP contribution is -2.40. The lowest BCUT2D eigenvalue weighted by molar-refractivity contribution is 0.114. The topological polar surface area (TPSA) is 36.9 Å². The molecule has 4 nitrogen and oxygen atoms in total. The maximum absolute atomic E-state index is 5.55. The monoisotopic (exact) mass is 283 g/mol. The minimum absolute atomic E-state index is 0.590. The van der Waals surface area contributed by atoms with E-state index in [0.29, 0.717) is 5.92 Å². The van der Waals surface area contributed by atoms with Gasteiger partial charge in [0, 0.05) is 33.8 Å². The normalized spacial score (nSPS) is 11.8. The van der Waals surface area contributed by atoms with Crippen LogP contribution >= 0.6 is 0 Å². The van der Waals surface area contributed by atoms with Gasteiger partial charge in [0.25, 0.3) is 0 Å². The molecule has 0 aliphatic heterocycles. The van der Waals surface area contributed by atoms with Gasteiger partial charge in [-0.25, -0.2) is 0 Å². The van der Waals surface area contributed by atoms with Crippen LogP contribution in [0.5, 0.6) is 0 Å². The van der Waals surface area contributed by atoms with Gasteiger partial charge in [-0.05, 0) is 25.2 Å². The average Bonchev–Trinajstić information content (AvgIpc) is 2.42. The highest BCUT2D eigenvalue weighted by atomic mass is 16.5. The first kappa shape index (κ1) is 19.0. The fourth-order valence-electron chi connectivity index (χ4n) is 1.86. The highest BCUT2D eigenvalue weighted by Crippen LogP contribution is 2.01. The van der Waals surface area contributed by atoms with E-state index in [-0.39, 0.29) is 0 Å². The number of hydrogen-bond acceptors (Lipinski definition) is 2. The molecule has 0 amide bonds. The molecule has 0 aromatic rings. The van der Waals surface area contributed by atoms with E-state index in [4.69, 9.17) is 4.74 Å². The zero-order valence-corrected chi connectivity index (χ0v) is 13.8. The maximum Gasteiger partial charge on any atom is 0.193 e. The summed E-state index contributed by atoms with van der Waals surface area (Å²) in [4.78, 5) is 6.47. The molecule has 118 valence electrons. The van der Waals surface area contributed by atoms with Gasteiger partial charge in [-0.1, -0.05) is 26.3 Å². The Bertz CT molecular complexity index is 264. The third-order valence-corrected chi connectivity index (χ3v) is 2.96. The van der Waals surface area contributed by atoms with Gasteiger partial charge in [-0.2, -0.15) is 0 Å². The summed E-state index contributed by atoms with van der Waals surface area (Å²) in [5.74, 6) is 1.54. The molecule has 0 aromatic carbocycles. The van der Waals surface area contributed by atoms with Gasteiger partial charge in [-0.3, -0.25) is 4.99 Å². The zero-order chi connectivity index (χ0) is 15.2. The van der Waals surface area contributed by atoms with Crippen molar-refractivity contribution >= 4 is 5.96 Å². The van der Waals surface area contributed by atoms with Crippen LogP contribution in [0.3, 0.4) is 0 Å². The van der Waals surface area contributed by atoms with E-state index in [0.717, 1.165) is 38.7 Å². The Kier molecular flexibility index (Phi) is 12.3. The Balaban J connectivity index is 3.69. The van der Waals surface area contributed by atoms with Crippen molar-refractivity contribution in [3.63, 3.8) is 0 Å². The summed E-state index contributed by atoms with van der Waals surface area (Å²) in [5.41, 5.74) is 0. The van der Waals surface area contributed by atoms with Crippen LogP contribution in [-0.2, 0) is 4.74 Å². The molecule has 20 heavy (non-hydrogen) atoms. The van der Waals surface area contributed by atoms with E-state index in [9.17, 15) is 0 Å². The quantitative estimate of drug-likeness (QED) is 0.274. The molecule has 0 radical (unpaired) electrons. The number of hydrogen-bond donors (Lipinski definition) is 1. The number of aliphatic imine (C=N–C) groups is 1. The smallest absolute Gasteiger partial charge is 0.193 e. The Labute approximate surface area is 125 Å². The van der Waals surface area contributed by atoms with Gasteiger partial charge in [0.05, 0.1) is 6.61 Å². The summed E-state index contributed by atoms with van der Waals surface area (Å²) in [7, 11) is 3.91. The van der Waals surface area contributed by atoms with Crippen molar-refractivity contribution in [3.05, 3.63) is 12.7 Å². The summed E-state index contributed by atoms with van der Waals surface area (Å²) >= 11 is 0. The highest BCUT2D eigenvalue weighted by molar-refractivity contribution is 5.79. The second-order valence-corrected chi connectivity index (χ2v) is 5.50. The number of guanidine groups is 1. The highest BCUT2D eigenvalue weighted by Gasteiger charge is 2.04. The molecule has 0 rings (SSSR count). The Morgan fingerprint density at radius 1 is 1.35 bits per heavy atom. The summed E-state index contributed by atoms with van der Waals surface area (Å²) in [6.45, 7) is 11.4. The van der Waals surface area contributed by atoms with Crippen LogP contribution in [0.25, 0.3) is 0 Å². The Morgan fingerprint density at radius 2 is 2.10 bits per heavy atom. The van der Waals surface area contributed by atoms with Gasteiger partial charge in [-0.15, -0.1) is 6.58 Å². The van der Waals surface area contributed by atoms with E-state index in [2.05, 4.69) is 42.7 Å². The van der Waals surface area contributed by atoms with E-state index in [1.165, 1.54) is 19.3 Å². The molecule has 0 aromatic heterocycles. The summed E-state index contributed by atoms with van der Waals surface area (Å²) in [5, 5.41) is 3.33. The van der Waals surface area contributed by atoms with Crippen molar-refractivity contribution in [2.75, 3.05) is 40.4 Å². The van der Waals surface area contributed by atoms with Crippen molar-refractivity contribution in [2.24, 2.45) is 10.9 Å². The Hall–Kier alpha value is -1.03. The molecule has 0 saturated carbocycles. The molecule has 0 bridgehead atoms. The van der Waals surface area contributed by atoms with Crippen LogP contribution in [0.1, 0.15) is 39.5 Å². The largest absolute Gasteiger partial charge is 0.379 e.